The zero-order valence-corrected chi connectivity index (χ0v) is 18.0. The number of hydrogen-bond donors (Lipinski definition) is 2. The Morgan fingerprint density at radius 1 is 1.22 bits per heavy atom. The lowest BCUT2D eigenvalue weighted by atomic mass is 9.93. The quantitative estimate of drug-likeness (QED) is 0.502. The van der Waals surface area contributed by atoms with Crippen molar-refractivity contribution in [2.24, 2.45) is 0 Å². The van der Waals surface area contributed by atoms with Crippen molar-refractivity contribution in [2.75, 3.05) is 18.4 Å². The van der Waals surface area contributed by atoms with Crippen LogP contribution < -0.4 is 10.6 Å². The molecule has 1 saturated heterocycles. The van der Waals surface area contributed by atoms with Crippen molar-refractivity contribution < 1.29 is 22.4 Å². The molecule has 0 spiro atoms. The molecule has 0 saturated carbocycles. The van der Waals surface area contributed by atoms with Crippen molar-refractivity contribution in [1.82, 2.24) is 20.2 Å². The van der Waals surface area contributed by atoms with E-state index in [1.807, 2.05) is 0 Å². The van der Waals surface area contributed by atoms with E-state index >= 15 is 4.39 Å². The van der Waals surface area contributed by atoms with Crippen molar-refractivity contribution in [3.63, 3.8) is 0 Å². The van der Waals surface area contributed by atoms with Gasteiger partial charge < -0.3 is 15.5 Å². The summed E-state index contributed by atoms with van der Waals surface area (Å²) in [6.45, 7) is 2.58. The van der Waals surface area contributed by atoms with Gasteiger partial charge in [0.25, 0.3) is 12.3 Å². The van der Waals surface area contributed by atoms with Gasteiger partial charge in [-0.25, -0.2) is 27.5 Å². The largest absolute Gasteiger partial charge is 0.363 e. The molecular formula is C21H22ClF4N5O. The highest BCUT2D eigenvalue weighted by atomic mass is 35.5. The molecule has 11 heteroatoms. The van der Waals surface area contributed by atoms with E-state index in [0.29, 0.717) is 24.3 Å². The van der Waals surface area contributed by atoms with Crippen LogP contribution in [0.25, 0.3) is 0 Å². The maximum absolute atomic E-state index is 15.2. The third kappa shape index (κ3) is 4.25. The molecule has 1 amide bonds. The molecule has 1 aromatic heterocycles. The number of piperidine rings is 1. The molecule has 2 aliphatic heterocycles. The number of fused-ring (bicyclic) bond motifs is 1. The Labute approximate surface area is 187 Å². The maximum atomic E-state index is 15.2. The first-order chi connectivity index (χ1) is 15.2. The molecule has 3 heterocycles. The molecule has 2 aliphatic rings. The monoisotopic (exact) mass is 471 g/mol. The van der Waals surface area contributed by atoms with Crippen LogP contribution >= 0.6 is 11.6 Å². The predicted octanol–water partition coefficient (Wildman–Crippen LogP) is 4.31. The Morgan fingerprint density at radius 2 is 1.91 bits per heavy atom. The molecule has 6 nitrogen and oxygen atoms in total. The van der Waals surface area contributed by atoms with Crippen molar-refractivity contribution in [3.05, 3.63) is 51.7 Å². The van der Waals surface area contributed by atoms with Gasteiger partial charge in [0.15, 0.2) is 5.67 Å². The van der Waals surface area contributed by atoms with Crippen molar-refractivity contribution in [2.45, 2.75) is 51.0 Å². The summed E-state index contributed by atoms with van der Waals surface area (Å²) in [4.78, 5) is 22.6. The average molecular weight is 472 g/mol. The number of hydrogen-bond acceptors (Lipinski definition) is 5. The molecule has 32 heavy (non-hydrogen) atoms. The van der Waals surface area contributed by atoms with E-state index in [2.05, 4.69) is 20.6 Å². The first-order valence-electron chi connectivity index (χ1n) is 10.3. The van der Waals surface area contributed by atoms with Crippen LogP contribution in [-0.2, 0) is 17.9 Å². The number of carbonyl (C=O) groups is 1. The van der Waals surface area contributed by atoms with Crippen LogP contribution in [0.3, 0.4) is 0 Å². The lowest BCUT2D eigenvalue weighted by Gasteiger charge is -2.32. The number of benzene rings is 1. The minimum Gasteiger partial charge on any atom is -0.363 e. The number of nitrogens with zero attached hydrogens (tertiary/aromatic N) is 3. The van der Waals surface area contributed by atoms with Gasteiger partial charge in [0.2, 0.25) is 5.28 Å². The first-order valence-corrected chi connectivity index (χ1v) is 10.6. The lowest BCUT2D eigenvalue weighted by Crippen LogP contribution is -2.50. The van der Waals surface area contributed by atoms with Gasteiger partial charge >= 0.3 is 0 Å². The second-order valence-corrected chi connectivity index (χ2v) is 8.40. The Balaban J connectivity index is 1.57. The predicted molar refractivity (Wildman–Crippen MR) is 111 cm³/mol. The van der Waals surface area contributed by atoms with Gasteiger partial charge in [-0.3, -0.25) is 4.79 Å². The number of carbonyl (C=O) groups excluding carboxylic acids is 1. The van der Waals surface area contributed by atoms with Gasteiger partial charge in [0, 0.05) is 24.0 Å². The zero-order chi connectivity index (χ0) is 23.0. The van der Waals surface area contributed by atoms with Gasteiger partial charge in [-0.1, -0.05) is 18.2 Å². The van der Waals surface area contributed by atoms with Crippen LogP contribution in [0.5, 0.6) is 0 Å². The molecule has 0 radical (unpaired) electrons. The fourth-order valence-corrected chi connectivity index (χ4v) is 4.35. The molecular weight excluding hydrogens is 450 g/mol. The van der Waals surface area contributed by atoms with E-state index in [1.165, 1.54) is 17.0 Å². The standard InChI is InChI=1S/C21H22ClF4N5O/c1-11(12-3-2-4-13(16(12)23)17(24)25)28-18-14-9-31(10-15(14)29-20(22)30-18)19(32)21(26)5-7-27-8-6-21/h2-4,11,17,27H,5-10H2,1H3,(H,28,29,30)/t11-/m1/s1. The minimum absolute atomic E-state index is 0.0367. The van der Waals surface area contributed by atoms with Crippen LogP contribution in [0.1, 0.15) is 54.6 Å². The topological polar surface area (TPSA) is 70.2 Å². The van der Waals surface area contributed by atoms with E-state index in [-0.39, 0.29) is 42.6 Å². The summed E-state index contributed by atoms with van der Waals surface area (Å²) in [6, 6.07) is 3.06. The van der Waals surface area contributed by atoms with Gasteiger partial charge in [0.1, 0.15) is 11.6 Å². The number of alkyl halides is 3. The highest BCUT2D eigenvalue weighted by Crippen LogP contribution is 2.35. The summed E-state index contributed by atoms with van der Waals surface area (Å²) in [7, 11) is 0. The lowest BCUT2D eigenvalue weighted by molar-refractivity contribution is -0.146. The van der Waals surface area contributed by atoms with E-state index in [4.69, 9.17) is 11.6 Å². The fourth-order valence-electron chi connectivity index (χ4n) is 4.16. The first kappa shape index (κ1) is 22.7. The van der Waals surface area contributed by atoms with Gasteiger partial charge in [0.05, 0.1) is 30.4 Å². The minimum atomic E-state index is -2.94. The highest BCUT2D eigenvalue weighted by molar-refractivity contribution is 6.28. The molecule has 172 valence electrons. The Hall–Kier alpha value is -2.46. The zero-order valence-electron chi connectivity index (χ0n) is 17.3. The maximum Gasteiger partial charge on any atom is 0.266 e. The normalized spacial score (nSPS) is 18.5. The Kier molecular flexibility index (Phi) is 6.26. The third-order valence-electron chi connectivity index (χ3n) is 5.93. The fraction of sp³-hybridized carbons (Fsp3) is 0.476. The number of anilines is 1. The van der Waals surface area contributed by atoms with E-state index < -0.39 is 35.4 Å². The summed E-state index contributed by atoms with van der Waals surface area (Å²) in [5.41, 5.74) is -1.58. The van der Waals surface area contributed by atoms with Crippen molar-refractivity contribution in [3.8, 4) is 0 Å². The molecule has 0 unspecified atom stereocenters. The van der Waals surface area contributed by atoms with Crippen molar-refractivity contribution >= 4 is 23.3 Å². The van der Waals surface area contributed by atoms with E-state index in [1.54, 1.807) is 6.92 Å². The van der Waals surface area contributed by atoms with E-state index in [9.17, 15) is 18.0 Å². The third-order valence-corrected chi connectivity index (χ3v) is 6.10. The van der Waals surface area contributed by atoms with Crippen LogP contribution in [-0.4, -0.2) is 39.5 Å². The van der Waals surface area contributed by atoms with Gasteiger partial charge in [-0.2, -0.15) is 0 Å². The molecule has 2 aromatic rings. The molecule has 1 fully saturated rings. The molecule has 1 atom stereocenters. The Morgan fingerprint density at radius 3 is 2.59 bits per heavy atom. The number of aromatic nitrogens is 2. The van der Waals surface area contributed by atoms with Crippen LogP contribution in [0.2, 0.25) is 5.28 Å². The Bertz CT molecular complexity index is 1030. The van der Waals surface area contributed by atoms with Crippen LogP contribution in [0.15, 0.2) is 18.2 Å². The smallest absolute Gasteiger partial charge is 0.266 e. The summed E-state index contributed by atoms with van der Waals surface area (Å²) in [5, 5.41) is 5.93. The molecule has 0 bridgehead atoms. The van der Waals surface area contributed by atoms with Crippen molar-refractivity contribution in [1.29, 1.82) is 0 Å². The average Bonchev–Trinajstić information content (AvgIpc) is 3.17. The number of halogens is 5. The number of rotatable bonds is 5. The highest BCUT2D eigenvalue weighted by Gasteiger charge is 2.44. The molecule has 2 N–H and O–H groups in total. The summed E-state index contributed by atoms with van der Waals surface area (Å²) in [5.74, 6) is -1.35. The molecule has 1 aromatic carbocycles. The van der Waals surface area contributed by atoms with E-state index in [0.717, 1.165) is 6.07 Å². The molecule has 0 aliphatic carbocycles. The van der Waals surface area contributed by atoms with Crippen LogP contribution in [0, 0.1) is 5.82 Å². The molecule has 4 rings (SSSR count). The number of nitrogens with one attached hydrogen (secondary N) is 2. The number of amides is 1. The summed E-state index contributed by atoms with van der Waals surface area (Å²) >= 11 is 6.04. The SMILES string of the molecule is C[C@@H](Nc1nc(Cl)nc2c1CN(C(=O)C1(F)CCNCC1)C2)c1cccc(C(F)F)c1F. The summed E-state index contributed by atoms with van der Waals surface area (Å²) in [6.07, 6.45) is -2.76. The van der Waals surface area contributed by atoms with Gasteiger partial charge in [-0.05, 0) is 31.6 Å². The second-order valence-electron chi connectivity index (χ2n) is 8.06. The van der Waals surface area contributed by atoms with Gasteiger partial charge in [-0.15, -0.1) is 0 Å². The summed E-state index contributed by atoms with van der Waals surface area (Å²) < 4.78 is 55.9. The van der Waals surface area contributed by atoms with Crippen LogP contribution in [0.4, 0.5) is 23.4 Å². The second kappa shape index (κ2) is 8.82.